The summed E-state index contributed by atoms with van der Waals surface area (Å²) in [7, 11) is 1.96. The topological polar surface area (TPSA) is 62.7 Å². The summed E-state index contributed by atoms with van der Waals surface area (Å²) < 4.78 is 1.91. The maximum atomic E-state index is 12.4. The Morgan fingerprint density at radius 2 is 2.13 bits per heavy atom. The number of H-pyrrole nitrogens is 1. The lowest BCUT2D eigenvalue weighted by molar-refractivity contribution is 0.0955. The maximum Gasteiger partial charge on any atom is 0.251 e. The van der Waals surface area contributed by atoms with Gasteiger partial charge >= 0.3 is 0 Å². The third-order valence-electron chi connectivity index (χ3n) is 4.39. The molecule has 1 amide bonds. The first-order chi connectivity index (χ1) is 11.1. The zero-order valence-corrected chi connectivity index (χ0v) is 13.8. The molecule has 0 saturated carbocycles. The molecule has 120 valence electrons. The number of hydrogen-bond acceptors (Lipinski definition) is 2. The fraction of sp³-hybridized carbons (Fsp3) is 0.333. The molecule has 3 rings (SSSR count). The Kier molecular flexibility index (Phi) is 4.19. The molecular formula is C18H22N4O. The summed E-state index contributed by atoms with van der Waals surface area (Å²) in [5.74, 6) is -0.0187. The Balaban J connectivity index is 1.58. The van der Waals surface area contributed by atoms with Crippen molar-refractivity contribution in [1.29, 1.82) is 0 Å². The Labute approximate surface area is 135 Å². The molecular weight excluding hydrogens is 288 g/mol. The summed E-state index contributed by atoms with van der Waals surface area (Å²) in [5, 5.41) is 8.40. The number of nitrogens with zero attached hydrogens (tertiary/aromatic N) is 2. The average Bonchev–Trinajstić information content (AvgIpc) is 3.10. The van der Waals surface area contributed by atoms with Crippen LogP contribution in [0.1, 0.15) is 33.7 Å². The van der Waals surface area contributed by atoms with E-state index in [9.17, 15) is 4.79 Å². The van der Waals surface area contributed by atoms with Crippen LogP contribution in [-0.2, 0) is 13.5 Å². The van der Waals surface area contributed by atoms with Crippen LogP contribution in [-0.4, -0.2) is 27.2 Å². The largest absolute Gasteiger partial charge is 0.361 e. The zero-order valence-electron chi connectivity index (χ0n) is 13.8. The summed E-state index contributed by atoms with van der Waals surface area (Å²) in [5.41, 5.74) is 5.27. The lowest BCUT2D eigenvalue weighted by atomic mass is 10.1. The van der Waals surface area contributed by atoms with Crippen LogP contribution >= 0.6 is 0 Å². The van der Waals surface area contributed by atoms with Gasteiger partial charge in [0.1, 0.15) is 0 Å². The molecule has 1 aromatic carbocycles. The van der Waals surface area contributed by atoms with Crippen LogP contribution in [0.4, 0.5) is 0 Å². The minimum Gasteiger partial charge on any atom is -0.361 e. The van der Waals surface area contributed by atoms with Gasteiger partial charge in [0.25, 0.3) is 5.91 Å². The van der Waals surface area contributed by atoms with Crippen LogP contribution < -0.4 is 5.32 Å². The molecule has 0 spiro atoms. The van der Waals surface area contributed by atoms with Gasteiger partial charge in [0.2, 0.25) is 0 Å². The van der Waals surface area contributed by atoms with Gasteiger partial charge in [-0.15, -0.1) is 0 Å². The lowest BCUT2D eigenvalue weighted by Gasteiger charge is -2.07. The second-order valence-electron chi connectivity index (χ2n) is 5.88. The number of hydrogen-bond donors (Lipinski definition) is 2. The predicted octanol–water partition coefficient (Wildman–Crippen LogP) is 2.88. The molecule has 2 heterocycles. The number of aromatic nitrogens is 3. The molecule has 5 nitrogen and oxygen atoms in total. The van der Waals surface area contributed by atoms with Crippen molar-refractivity contribution < 1.29 is 4.79 Å². The molecule has 0 unspecified atom stereocenters. The van der Waals surface area contributed by atoms with E-state index in [1.165, 1.54) is 11.3 Å². The van der Waals surface area contributed by atoms with Crippen LogP contribution in [0.2, 0.25) is 0 Å². The smallest absolute Gasteiger partial charge is 0.251 e. The number of amides is 1. The van der Waals surface area contributed by atoms with E-state index in [0.717, 1.165) is 35.0 Å². The van der Waals surface area contributed by atoms with Crippen LogP contribution in [0, 0.1) is 13.8 Å². The standard InChI is InChI=1S/C18H22N4O/c1-12-14(13(2)22(3)21-12)7-5-10-20-18(23)16-6-4-8-17-15(16)9-11-19-17/h4,6,8-9,11,19H,5,7,10H2,1-3H3,(H,20,23). The normalized spacial score (nSPS) is 11.1. The number of benzene rings is 1. The number of aryl methyl sites for hydroxylation is 2. The van der Waals surface area contributed by atoms with Crippen molar-refractivity contribution in [2.24, 2.45) is 7.05 Å². The number of aromatic amines is 1. The second kappa shape index (κ2) is 6.28. The van der Waals surface area contributed by atoms with E-state index in [4.69, 9.17) is 0 Å². The van der Waals surface area contributed by atoms with Crippen LogP contribution in [0.25, 0.3) is 10.9 Å². The summed E-state index contributed by atoms with van der Waals surface area (Å²) in [6.45, 7) is 4.78. The first kappa shape index (κ1) is 15.3. The minimum atomic E-state index is -0.0187. The molecule has 2 N–H and O–H groups in total. The SMILES string of the molecule is Cc1nn(C)c(C)c1CCCNC(=O)c1cccc2[nH]ccc12. The van der Waals surface area contributed by atoms with E-state index < -0.39 is 0 Å². The molecule has 0 bridgehead atoms. The highest BCUT2D eigenvalue weighted by molar-refractivity contribution is 6.06. The Bertz CT molecular complexity index is 844. The zero-order chi connectivity index (χ0) is 16.4. The van der Waals surface area contributed by atoms with Gasteiger partial charge in [-0.25, -0.2) is 0 Å². The van der Waals surface area contributed by atoms with Gasteiger partial charge in [0.05, 0.1) is 5.69 Å². The molecule has 0 aliphatic carbocycles. The first-order valence-electron chi connectivity index (χ1n) is 7.91. The molecule has 0 fully saturated rings. The quantitative estimate of drug-likeness (QED) is 0.712. The number of fused-ring (bicyclic) bond motifs is 1. The van der Waals surface area contributed by atoms with E-state index in [0.29, 0.717) is 6.54 Å². The fourth-order valence-corrected chi connectivity index (χ4v) is 3.02. The van der Waals surface area contributed by atoms with Crippen LogP contribution in [0.5, 0.6) is 0 Å². The molecule has 3 aromatic rings. The van der Waals surface area contributed by atoms with E-state index >= 15 is 0 Å². The highest BCUT2D eigenvalue weighted by Crippen LogP contribution is 2.17. The monoisotopic (exact) mass is 310 g/mol. The Hall–Kier alpha value is -2.56. The lowest BCUT2D eigenvalue weighted by Crippen LogP contribution is -2.25. The fourth-order valence-electron chi connectivity index (χ4n) is 3.02. The summed E-state index contributed by atoms with van der Waals surface area (Å²) in [4.78, 5) is 15.5. The number of carbonyl (C=O) groups is 1. The number of nitrogens with one attached hydrogen (secondary N) is 2. The van der Waals surface area contributed by atoms with Crippen molar-refractivity contribution in [2.45, 2.75) is 26.7 Å². The van der Waals surface area contributed by atoms with Crippen LogP contribution in [0.3, 0.4) is 0 Å². The molecule has 5 heteroatoms. The van der Waals surface area contributed by atoms with Crippen molar-refractivity contribution in [3.63, 3.8) is 0 Å². The van der Waals surface area contributed by atoms with E-state index in [1.54, 1.807) is 0 Å². The summed E-state index contributed by atoms with van der Waals surface area (Å²) >= 11 is 0. The van der Waals surface area contributed by atoms with Gasteiger partial charge < -0.3 is 10.3 Å². The van der Waals surface area contributed by atoms with Crippen LogP contribution in [0.15, 0.2) is 30.5 Å². The second-order valence-corrected chi connectivity index (χ2v) is 5.88. The van der Waals surface area contributed by atoms with Gasteiger partial charge in [-0.2, -0.15) is 5.10 Å². The summed E-state index contributed by atoms with van der Waals surface area (Å²) in [6.07, 6.45) is 3.69. The number of rotatable bonds is 5. The Morgan fingerprint density at radius 3 is 2.87 bits per heavy atom. The average molecular weight is 310 g/mol. The first-order valence-corrected chi connectivity index (χ1v) is 7.91. The molecule has 0 aliphatic rings. The highest BCUT2D eigenvalue weighted by atomic mass is 16.1. The molecule has 2 aromatic heterocycles. The molecule has 23 heavy (non-hydrogen) atoms. The van der Waals surface area contributed by atoms with E-state index in [1.807, 2.05) is 49.1 Å². The third-order valence-corrected chi connectivity index (χ3v) is 4.39. The highest BCUT2D eigenvalue weighted by Gasteiger charge is 2.11. The molecule has 0 radical (unpaired) electrons. The molecule has 0 aliphatic heterocycles. The summed E-state index contributed by atoms with van der Waals surface area (Å²) in [6, 6.07) is 7.67. The Morgan fingerprint density at radius 1 is 1.30 bits per heavy atom. The van der Waals surface area contributed by atoms with Gasteiger partial charge in [-0.3, -0.25) is 9.48 Å². The van der Waals surface area contributed by atoms with Gasteiger partial charge in [-0.05, 0) is 50.5 Å². The molecule has 0 saturated heterocycles. The van der Waals surface area contributed by atoms with Crippen molar-refractivity contribution >= 4 is 16.8 Å². The van der Waals surface area contributed by atoms with E-state index in [-0.39, 0.29) is 5.91 Å². The van der Waals surface area contributed by atoms with Gasteiger partial charge in [0.15, 0.2) is 0 Å². The number of carbonyl (C=O) groups excluding carboxylic acids is 1. The van der Waals surface area contributed by atoms with Gasteiger partial charge in [-0.1, -0.05) is 6.07 Å². The van der Waals surface area contributed by atoms with Gasteiger partial charge in [0, 0.05) is 41.9 Å². The molecule has 0 atom stereocenters. The van der Waals surface area contributed by atoms with Crippen molar-refractivity contribution in [3.8, 4) is 0 Å². The van der Waals surface area contributed by atoms with Crippen molar-refractivity contribution in [3.05, 3.63) is 53.0 Å². The van der Waals surface area contributed by atoms with Crippen molar-refractivity contribution in [2.75, 3.05) is 6.54 Å². The van der Waals surface area contributed by atoms with E-state index in [2.05, 4.69) is 22.3 Å². The predicted molar refractivity (Wildman–Crippen MR) is 91.6 cm³/mol. The van der Waals surface area contributed by atoms with Crippen molar-refractivity contribution in [1.82, 2.24) is 20.1 Å². The maximum absolute atomic E-state index is 12.4. The minimum absolute atomic E-state index is 0.0187. The third kappa shape index (κ3) is 2.99.